The Morgan fingerprint density at radius 3 is 1.87 bits per heavy atom. The Bertz CT molecular complexity index is 1860. The monoisotopic (exact) mass is 956 g/mol. The molecule has 8 rings (SSSR count). The van der Waals surface area contributed by atoms with Crippen molar-refractivity contribution < 1.29 is 94.2 Å². The van der Waals surface area contributed by atoms with E-state index < -0.39 is 151 Å². The van der Waals surface area contributed by atoms with Crippen LogP contribution in [0.4, 0.5) is 0 Å². The number of allylic oxidation sites excluding steroid dienone is 1. The third-order valence-electron chi connectivity index (χ3n) is 19.4. The summed E-state index contributed by atoms with van der Waals surface area (Å²) in [6.07, 6.45) is -16.6. The first kappa shape index (κ1) is 51.4. The first-order chi connectivity index (χ1) is 31.4. The Hall–Kier alpha value is -1.92. The highest BCUT2D eigenvalue weighted by Crippen LogP contribution is 2.76. The number of hydrogen-bond acceptors (Lipinski definition) is 18. The zero-order valence-electron chi connectivity index (χ0n) is 39.7. The SMILES string of the molecule is C[C@H]1[C@H](C)CC[C@]2(C(=O)O[C@@H]3O[C@H](CO)[C@@H](O)[C@H](O)[C@H]3O)CC[C@]3(C(=O)O)C(=CC[C@@H]4[C@@]5(C)CC[C@H](O[C@@H]6O[C@H](C)[C@H](O)[C@H](O[C@@H]7O[C@H](CO)[C@@H](O)[C@H](O)[C@H]7O)[C@H]6O)C(C)(C)[C@@H]5CC[C@]43C)[C@H]12. The van der Waals surface area contributed by atoms with Gasteiger partial charge in [-0.05, 0) is 111 Å². The van der Waals surface area contributed by atoms with Crippen molar-refractivity contribution in [1.29, 1.82) is 0 Å². The lowest BCUT2D eigenvalue weighted by atomic mass is 9.33. The van der Waals surface area contributed by atoms with Gasteiger partial charge < -0.3 is 84.6 Å². The van der Waals surface area contributed by atoms with Crippen LogP contribution < -0.4 is 0 Å². The van der Waals surface area contributed by atoms with Crippen LogP contribution in [0.3, 0.4) is 0 Å². The van der Waals surface area contributed by atoms with Crippen LogP contribution in [-0.2, 0) is 38.0 Å². The Morgan fingerprint density at radius 1 is 0.657 bits per heavy atom. The molecule has 3 aliphatic heterocycles. The van der Waals surface area contributed by atoms with Gasteiger partial charge in [-0.25, -0.2) is 0 Å². The molecule has 67 heavy (non-hydrogen) atoms. The van der Waals surface area contributed by atoms with Crippen molar-refractivity contribution in [2.45, 2.75) is 204 Å². The van der Waals surface area contributed by atoms with Gasteiger partial charge in [0.05, 0.1) is 36.3 Å². The number of carboxylic acids is 1. The van der Waals surface area contributed by atoms with Crippen molar-refractivity contribution in [3.8, 4) is 0 Å². The highest BCUT2D eigenvalue weighted by atomic mass is 16.7. The number of rotatable bonds is 9. The quantitative estimate of drug-likeness (QED) is 0.0829. The van der Waals surface area contributed by atoms with Gasteiger partial charge in [0.1, 0.15) is 67.1 Å². The molecule has 0 unspecified atom stereocenters. The van der Waals surface area contributed by atoms with Gasteiger partial charge in [-0.3, -0.25) is 9.59 Å². The molecule has 0 bridgehead atoms. The van der Waals surface area contributed by atoms with Crippen LogP contribution in [0.1, 0.15) is 106 Å². The minimum atomic E-state index is -1.78. The van der Waals surface area contributed by atoms with Crippen molar-refractivity contribution in [2.75, 3.05) is 13.2 Å². The molecule has 0 amide bonds. The van der Waals surface area contributed by atoms with E-state index in [1.807, 2.05) is 0 Å². The van der Waals surface area contributed by atoms with Crippen LogP contribution in [0.5, 0.6) is 0 Å². The number of fused-ring (bicyclic) bond motifs is 7. The van der Waals surface area contributed by atoms with Gasteiger partial charge in [-0.1, -0.05) is 53.2 Å². The van der Waals surface area contributed by atoms with Crippen molar-refractivity contribution >= 4 is 11.9 Å². The molecule has 25 atom stereocenters. The van der Waals surface area contributed by atoms with Gasteiger partial charge in [-0.15, -0.1) is 0 Å². The summed E-state index contributed by atoms with van der Waals surface area (Å²) in [5.41, 5.74) is -3.41. The van der Waals surface area contributed by atoms with Crippen LogP contribution in [-0.4, -0.2) is 180 Å². The predicted molar refractivity (Wildman–Crippen MR) is 231 cm³/mol. The molecule has 0 radical (unpaired) electrons. The van der Waals surface area contributed by atoms with E-state index in [2.05, 4.69) is 47.6 Å². The van der Waals surface area contributed by atoms with Gasteiger partial charge in [-0.2, -0.15) is 0 Å². The molecule has 3 saturated heterocycles. The first-order valence-corrected chi connectivity index (χ1v) is 24.5. The Morgan fingerprint density at radius 2 is 1.25 bits per heavy atom. The molecule has 0 aromatic rings. The standard InChI is InChI=1S/C48H76O19/c1-20-10-15-47(43(61)67-40-36(57)34(55)32(53)25(19-50)64-40)16-17-48(42(59)60)23(29(47)21(20)2)8-9-27-45(6)13-12-28(44(4,5)26(45)11-14-46(27,48)7)65-41-37(58)38(30(51)22(3)62-41)66-39-35(56)33(54)31(52)24(18-49)63-39/h8,20-22,24-41,49-58H,9-19H2,1-7H3,(H,59,60)/t20-,21+,22-,24-,25-,26+,27-,28+,29+,30+,31-,32-,33+,34+,35-,36-,37-,38+,39+,40+,41+,45+,46-,47+,48-/m1/s1. The fourth-order valence-corrected chi connectivity index (χ4v) is 15.3. The van der Waals surface area contributed by atoms with Crippen molar-refractivity contribution in [3.05, 3.63) is 11.6 Å². The smallest absolute Gasteiger partial charge is 0.315 e. The number of aliphatic carboxylic acids is 1. The second kappa shape index (κ2) is 18.3. The summed E-state index contributed by atoms with van der Waals surface area (Å²) in [5.74, 6) is -2.15. The van der Waals surface area contributed by atoms with E-state index in [4.69, 9.17) is 28.4 Å². The summed E-state index contributed by atoms with van der Waals surface area (Å²) < 4.78 is 35.7. The van der Waals surface area contributed by atoms with Crippen molar-refractivity contribution in [1.82, 2.24) is 0 Å². The van der Waals surface area contributed by atoms with E-state index in [1.165, 1.54) is 0 Å². The van der Waals surface area contributed by atoms with E-state index in [9.17, 15) is 65.8 Å². The molecule has 0 spiro atoms. The van der Waals surface area contributed by atoms with Gasteiger partial charge in [0, 0.05) is 0 Å². The molecule has 19 heteroatoms. The number of aliphatic hydroxyl groups excluding tert-OH is 10. The van der Waals surface area contributed by atoms with E-state index in [0.29, 0.717) is 44.9 Å². The maximum atomic E-state index is 14.7. The molecule has 5 aliphatic carbocycles. The van der Waals surface area contributed by atoms with Crippen molar-refractivity contribution in [2.24, 2.45) is 56.7 Å². The summed E-state index contributed by atoms with van der Waals surface area (Å²) in [4.78, 5) is 29.1. The van der Waals surface area contributed by atoms with Crippen LogP contribution >= 0.6 is 0 Å². The number of ether oxygens (including phenoxy) is 6. The van der Waals surface area contributed by atoms with Crippen LogP contribution in [0, 0.1) is 56.7 Å². The number of carbonyl (C=O) groups excluding carboxylic acids is 1. The third-order valence-corrected chi connectivity index (χ3v) is 19.4. The molecule has 382 valence electrons. The lowest BCUT2D eigenvalue weighted by Crippen LogP contribution is -2.68. The minimum Gasteiger partial charge on any atom is -0.481 e. The number of aliphatic hydroxyl groups is 10. The first-order valence-electron chi connectivity index (χ1n) is 24.5. The van der Waals surface area contributed by atoms with Gasteiger partial charge in [0.2, 0.25) is 6.29 Å². The molecule has 3 heterocycles. The second-order valence-corrected chi connectivity index (χ2v) is 22.8. The summed E-state index contributed by atoms with van der Waals surface area (Å²) >= 11 is 0. The Kier molecular flexibility index (Phi) is 14.0. The van der Waals surface area contributed by atoms with E-state index in [1.54, 1.807) is 6.92 Å². The van der Waals surface area contributed by atoms with Crippen LogP contribution in [0.25, 0.3) is 0 Å². The van der Waals surface area contributed by atoms with Crippen molar-refractivity contribution in [3.63, 3.8) is 0 Å². The topological polar surface area (TPSA) is 312 Å². The molecular weight excluding hydrogens is 881 g/mol. The zero-order chi connectivity index (χ0) is 49.1. The molecule has 8 aliphatic rings. The molecular formula is C48H76O19. The van der Waals surface area contributed by atoms with E-state index >= 15 is 0 Å². The molecule has 7 fully saturated rings. The average molecular weight is 957 g/mol. The maximum absolute atomic E-state index is 14.7. The predicted octanol–water partition coefficient (Wildman–Crippen LogP) is 0.0887. The summed E-state index contributed by atoms with van der Waals surface area (Å²) in [5, 5.41) is 117. The summed E-state index contributed by atoms with van der Waals surface area (Å²) in [6, 6.07) is 0. The number of carboxylic acid groups (broad SMARTS) is 1. The normalized spacial score (nSPS) is 54.0. The second-order valence-electron chi connectivity index (χ2n) is 22.8. The summed E-state index contributed by atoms with van der Waals surface area (Å²) in [7, 11) is 0. The number of esters is 1. The molecule has 11 N–H and O–H groups in total. The van der Waals surface area contributed by atoms with Gasteiger partial charge >= 0.3 is 11.9 Å². The number of hydrogen-bond donors (Lipinski definition) is 11. The van der Waals surface area contributed by atoms with E-state index in [-0.39, 0.29) is 41.9 Å². The average Bonchev–Trinajstić information content (AvgIpc) is 3.28. The van der Waals surface area contributed by atoms with Crippen LogP contribution in [0.2, 0.25) is 0 Å². The highest BCUT2D eigenvalue weighted by Gasteiger charge is 2.74. The lowest BCUT2D eigenvalue weighted by Gasteiger charge is -2.70. The van der Waals surface area contributed by atoms with Gasteiger partial charge in [0.25, 0.3) is 0 Å². The largest absolute Gasteiger partial charge is 0.481 e. The maximum Gasteiger partial charge on any atom is 0.315 e. The molecule has 0 aromatic carbocycles. The lowest BCUT2D eigenvalue weighted by molar-refractivity contribution is -0.366. The minimum absolute atomic E-state index is 0.0207. The molecule has 4 saturated carbocycles. The third kappa shape index (κ3) is 7.70. The molecule has 19 nitrogen and oxygen atoms in total. The Labute approximate surface area is 391 Å². The summed E-state index contributed by atoms with van der Waals surface area (Å²) in [6.45, 7) is 13.0. The Balaban J connectivity index is 1.05. The van der Waals surface area contributed by atoms with E-state index in [0.717, 1.165) is 5.57 Å². The molecule has 0 aromatic heterocycles. The van der Waals surface area contributed by atoms with Gasteiger partial charge in [0.15, 0.2) is 12.6 Å². The fraction of sp³-hybridized carbons (Fsp3) is 0.917. The number of carbonyl (C=O) groups is 2. The zero-order valence-corrected chi connectivity index (χ0v) is 39.7. The highest BCUT2D eigenvalue weighted by molar-refractivity contribution is 5.85. The fourth-order valence-electron chi connectivity index (χ4n) is 15.3. The van der Waals surface area contributed by atoms with Crippen LogP contribution in [0.15, 0.2) is 11.6 Å².